The number of nitrogens with one attached hydrogen (secondary N) is 1. The Labute approximate surface area is 128 Å². The lowest BCUT2D eigenvalue weighted by Gasteiger charge is -2.04. The lowest BCUT2D eigenvalue weighted by Crippen LogP contribution is -2.21. The van der Waals surface area contributed by atoms with E-state index in [2.05, 4.69) is 45.7 Å². The van der Waals surface area contributed by atoms with Crippen LogP contribution in [0.5, 0.6) is 5.75 Å². The van der Waals surface area contributed by atoms with Crippen LogP contribution in [0.25, 0.3) is 16.9 Å². The Morgan fingerprint density at radius 2 is 2.05 bits per heavy atom. The number of carbonyl (C=O) groups is 1. The highest BCUT2D eigenvalue weighted by molar-refractivity contribution is 5.71. The van der Waals surface area contributed by atoms with Crippen molar-refractivity contribution in [2.24, 2.45) is 7.05 Å². The van der Waals surface area contributed by atoms with Gasteiger partial charge in [-0.1, -0.05) is 12.1 Å². The van der Waals surface area contributed by atoms with Crippen LogP contribution in [0.15, 0.2) is 48.8 Å². The normalized spacial score (nSPS) is 10.7. The minimum Gasteiger partial charge on any atom is -0.410 e. The highest BCUT2D eigenvalue weighted by atomic mass is 16.5. The summed E-state index contributed by atoms with van der Waals surface area (Å²) in [5.74, 6) is 0.517. The molecule has 0 saturated heterocycles. The van der Waals surface area contributed by atoms with Crippen LogP contribution in [-0.2, 0) is 7.05 Å². The van der Waals surface area contributed by atoms with Gasteiger partial charge in [-0.15, -0.1) is 0 Å². The molecule has 3 aromatic rings. The van der Waals surface area contributed by atoms with Gasteiger partial charge in [-0.25, -0.2) is 13.8 Å². The molecule has 0 spiro atoms. The average molecular weight is 296 g/mol. The van der Waals surface area contributed by atoms with Gasteiger partial charge in [0, 0.05) is 18.7 Å². The Morgan fingerprint density at radius 1 is 1.23 bits per heavy atom. The first-order chi connectivity index (χ1) is 10.6. The van der Waals surface area contributed by atoms with Crippen molar-refractivity contribution in [3.05, 3.63) is 54.4 Å². The third-order valence-corrected chi connectivity index (χ3v) is 3.61. The first-order valence-corrected chi connectivity index (χ1v) is 7.06. The lowest BCUT2D eigenvalue weighted by molar-refractivity contribution is -0.510. The maximum atomic E-state index is 11.3. The number of hydrogen-bond donors (Lipinski definition) is 1. The van der Waals surface area contributed by atoms with Crippen LogP contribution in [0.4, 0.5) is 4.79 Å². The van der Waals surface area contributed by atoms with Crippen molar-refractivity contribution < 1.29 is 13.9 Å². The Morgan fingerprint density at radius 3 is 2.82 bits per heavy atom. The van der Waals surface area contributed by atoms with Crippen LogP contribution in [0.1, 0.15) is 5.56 Å². The van der Waals surface area contributed by atoms with Crippen LogP contribution >= 0.6 is 0 Å². The summed E-state index contributed by atoms with van der Waals surface area (Å²) in [6, 6.07) is 11.7. The molecule has 2 heterocycles. The third kappa shape index (κ3) is 2.53. The monoisotopic (exact) mass is 296 g/mol. The summed E-state index contributed by atoms with van der Waals surface area (Å²) in [4.78, 5) is 11.3. The van der Waals surface area contributed by atoms with Gasteiger partial charge in [-0.05, 0) is 30.7 Å². The molecule has 0 bridgehead atoms. The van der Waals surface area contributed by atoms with Crippen molar-refractivity contribution in [1.82, 2.24) is 9.88 Å². The number of ether oxygens (including phenoxy) is 1. The second-order valence-corrected chi connectivity index (χ2v) is 5.21. The predicted octanol–water partition coefficient (Wildman–Crippen LogP) is 2.46. The zero-order valence-corrected chi connectivity index (χ0v) is 12.8. The maximum Gasteiger partial charge on any atom is 0.412 e. The molecule has 0 aliphatic carbocycles. The smallest absolute Gasteiger partial charge is 0.410 e. The van der Waals surface area contributed by atoms with Gasteiger partial charge >= 0.3 is 6.09 Å². The first-order valence-electron chi connectivity index (χ1n) is 7.06. The summed E-state index contributed by atoms with van der Waals surface area (Å²) < 4.78 is 9.40. The van der Waals surface area contributed by atoms with Crippen LogP contribution < -0.4 is 14.5 Å². The molecule has 0 radical (unpaired) electrons. The fourth-order valence-corrected chi connectivity index (χ4v) is 2.50. The van der Waals surface area contributed by atoms with Gasteiger partial charge < -0.3 is 10.1 Å². The van der Waals surface area contributed by atoms with E-state index in [0.717, 1.165) is 16.9 Å². The van der Waals surface area contributed by atoms with E-state index in [1.807, 2.05) is 25.2 Å². The predicted molar refractivity (Wildman–Crippen MR) is 83.8 cm³/mol. The molecular weight excluding hydrogens is 278 g/mol. The van der Waals surface area contributed by atoms with Gasteiger partial charge in [-0.2, -0.15) is 0 Å². The van der Waals surface area contributed by atoms with E-state index in [9.17, 15) is 4.79 Å². The molecular formula is C17H18N3O2+. The van der Waals surface area contributed by atoms with Gasteiger partial charge in [0.05, 0.1) is 13.2 Å². The van der Waals surface area contributed by atoms with E-state index in [0.29, 0.717) is 5.75 Å². The Balaban J connectivity index is 2.05. The number of imidazole rings is 1. The standard InChI is InChI=1S/C17H17N3O2/c1-12-7-8-16-19(3)15(11-20(16)10-12)13-5-4-6-14(9-13)22-17(21)18-2/h4-11H,1-3H3/p+1. The van der Waals surface area contributed by atoms with Crippen molar-refractivity contribution >= 4 is 11.7 Å². The topological polar surface area (TPSA) is 47.4 Å². The van der Waals surface area contributed by atoms with Crippen molar-refractivity contribution in [2.75, 3.05) is 7.05 Å². The molecule has 22 heavy (non-hydrogen) atoms. The zero-order chi connectivity index (χ0) is 15.7. The van der Waals surface area contributed by atoms with Crippen LogP contribution in [-0.4, -0.2) is 17.7 Å². The molecule has 0 atom stereocenters. The first kappa shape index (κ1) is 14.1. The quantitative estimate of drug-likeness (QED) is 0.738. The number of nitrogens with zero attached hydrogens (tertiary/aromatic N) is 2. The molecule has 0 fully saturated rings. The van der Waals surface area contributed by atoms with Gasteiger partial charge in [0.15, 0.2) is 5.69 Å². The third-order valence-electron chi connectivity index (χ3n) is 3.61. The fraction of sp³-hybridized carbons (Fsp3) is 0.176. The van der Waals surface area contributed by atoms with E-state index in [4.69, 9.17) is 4.74 Å². The largest absolute Gasteiger partial charge is 0.412 e. The maximum absolute atomic E-state index is 11.3. The SMILES string of the molecule is CNC(=O)Oc1cccc(-c2c[n+]3cc(C)ccc3n2C)c1. The van der Waals surface area contributed by atoms with Gasteiger partial charge in [0.1, 0.15) is 11.9 Å². The van der Waals surface area contributed by atoms with E-state index >= 15 is 0 Å². The van der Waals surface area contributed by atoms with Gasteiger partial charge in [-0.3, -0.25) is 0 Å². The zero-order valence-electron chi connectivity index (χ0n) is 12.8. The average Bonchev–Trinajstić information content (AvgIpc) is 2.83. The summed E-state index contributed by atoms with van der Waals surface area (Å²) in [6.07, 6.45) is 3.68. The van der Waals surface area contributed by atoms with Crippen molar-refractivity contribution in [1.29, 1.82) is 0 Å². The number of amides is 1. The molecule has 2 aromatic heterocycles. The molecule has 1 amide bonds. The number of benzene rings is 1. The molecule has 3 rings (SSSR count). The summed E-state index contributed by atoms with van der Waals surface area (Å²) in [5, 5.41) is 2.44. The van der Waals surface area contributed by atoms with Gasteiger partial charge in [0.25, 0.3) is 5.65 Å². The number of fused-ring (bicyclic) bond motifs is 1. The molecule has 0 aliphatic rings. The minimum atomic E-state index is -0.473. The van der Waals surface area contributed by atoms with Gasteiger partial charge in [0.2, 0.25) is 0 Å². The summed E-state index contributed by atoms with van der Waals surface area (Å²) in [6.45, 7) is 2.07. The molecule has 0 saturated carbocycles. The number of aryl methyl sites for hydroxylation is 2. The summed E-state index contributed by atoms with van der Waals surface area (Å²) in [5.41, 5.74) is 4.34. The number of hydrogen-bond acceptors (Lipinski definition) is 2. The Bertz CT molecular complexity index is 852. The molecule has 0 aliphatic heterocycles. The van der Waals surface area contributed by atoms with Crippen LogP contribution in [0.3, 0.4) is 0 Å². The molecule has 1 N–H and O–H groups in total. The number of aromatic nitrogens is 2. The van der Waals surface area contributed by atoms with E-state index in [1.54, 1.807) is 6.07 Å². The van der Waals surface area contributed by atoms with E-state index < -0.39 is 6.09 Å². The fourth-order valence-electron chi connectivity index (χ4n) is 2.50. The molecule has 0 unspecified atom stereocenters. The number of pyridine rings is 1. The van der Waals surface area contributed by atoms with Crippen molar-refractivity contribution in [3.8, 4) is 17.0 Å². The van der Waals surface area contributed by atoms with E-state index in [-0.39, 0.29) is 0 Å². The number of rotatable bonds is 2. The van der Waals surface area contributed by atoms with Crippen molar-refractivity contribution in [3.63, 3.8) is 0 Å². The van der Waals surface area contributed by atoms with E-state index in [1.165, 1.54) is 12.6 Å². The Kier molecular flexibility index (Phi) is 3.55. The second kappa shape index (κ2) is 5.52. The minimum absolute atomic E-state index is 0.473. The highest BCUT2D eigenvalue weighted by Crippen LogP contribution is 2.24. The lowest BCUT2D eigenvalue weighted by atomic mass is 10.1. The second-order valence-electron chi connectivity index (χ2n) is 5.21. The van der Waals surface area contributed by atoms with Crippen LogP contribution in [0, 0.1) is 6.92 Å². The van der Waals surface area contributed by atoms with Crippen LogP contribution in [0.2, 0.25) is 0 Å². The van der Waals surface area contributed by atoms with Crippen molar-refractivity contribution in [2.45, 2.75) is 6.92 Å². The highest BCUT2D eigenvalue weighted by Gasteiger charge is 2.16. The summed E-state index contributed by atoms with van der Waals surface area (Å²) >= 11 is 0. The molecule has 5 heteroatoms. The molecule has 112 valence electrons. The number of carbonyl (C=O) groups excluding carboxylic acids is 1. The summed E-state index contributed by atoms with van der Waals surface area (Å²) in [7, 11) is 3.56. The Hall–Kier alpha value is -2.82. The molecule has 1 aromatic carbocycles. The molecule has 5 nitrogen and oxygen atoms in total.